The zero-order chi connectivity index (χ0) is 16.2. The van der Waals surface area contributed by atoms with Gasteiger partial charge in [-0.05, 0) is 35.9 Å². The molecule has 0 spiro atoms. The van der Waals surface area contributed by atoms with E-state index in [9.17, 15) is 13.2 Å². The monoisotopic (exact) mass is 335 g/mol. The molecule has 4 nitrogen and oxygen atoms in total. The van der Waals surface area contributed by atoms with Crippen molar-refractivity contribution in [2.24, 2.45) is 0 Å². The topological polar surface area (TPSA) is 63.2 Å². The van der Waals surface area contributed by atoms with Gasteiger partial charge in [-0.2, -0.15) is 0 Å². The molecule has 1 amide bonds. The van der Waals surface area contributed by atoms with E-state index in [0.717, 1.165) is 11.8 Å². The van der Waals surface area contributed by atoms with E-state index < -0.39 is 15.7 Å². The molecule has 0 atom stereocenters. The van der Waals surface area contributed by atoms with Crippen LogP contribution in [0.1, 0.15) is 5.56 Å². The maximum Gasteiger partial charge on any atom is 0.248 e. The van der Waals surface area contributed by atoms with Crippen LogP contribution in [0.2, 0.25) is 5.02 Å². The summed E-state index contributed by atoms with van der Waals surface area (Å²) >= 11 is 5.78. The number of halogens is 1. The number of hydrogen-bond donors (Lipinski definition) is 1. The number of rotatable bonds is 4. The van der Waals surface area contributed by atoms with Crippen molar-refractivity contribution in [1.29, 1.82) is 0 Å². The van der Waals surface area contributed by atoms with E-state index in [0.29, 0.717) is 5.02 Å². The second kappa shape index (κ2) is 6.77. The van der Waals surface area contributed by atoms with Crippen molar-refractivity contribution in [2.75, 3.05) is 11.6 Å². The van der Waals surface area contributed by atoms with Crippen LogP contribution in [-0.4, -0.2) is 20.6 Å². The van der Waals surface area contributed by atoms with Crippen molar-refractivity contribution in [2.45, 2.75) is 4.90 Å². The summed E-state index contributed by atoms with van der Waals surface area (Å²) in [6, 6.07) is 13.3. The molecule has 2 rings (SSSR count). The van der Waals surface area contributed by atoms with Crippen LogP contribution in [0, 0.1) is 0 Å². The molecule has 0 radical (unpaired) electrons. The Morgan fingerprint density at radius 2 is 1.73 bits per heavy atom. The van der Waals surface area contributed by atoms with Gasteiger partial charge in [-0.25, -0.2) is 8.42 Å². The quantitative estimate of drug-likeness (QED) is 0.871. The molecule has 114 valence electrons. The van der Waals surface area contributed by atoms with Crippen LogP contribution in [-0.2, 0) is 14.6 Å². The first-order chi connectivity index (χ1) is 10.4. The minimum absolute atomic E-state index is 0.0863. The Morgan fingerprint density at radius 3 is 2.36 bits per heavy atom. The Bertz CT molecular complexity index is 812. The highest BCUT2D eigenvalue weighted by atomic mass is 35.5. The molecular weight excluding hydrogens is 322 g/mol. The highest BCUT2D eigenvalue weighted by Crippen LogP contribution is 2.20. The summed E-state index contributed by atoms with van der Waals surface area (Å²) in [5, 5.41) is 3.18. The molecule has 1 N–H and O–H groups in total. The number of hydrogen-bond acceptors (Lipinski definition) is 3. The number of benzene rings is 2. The van der Waals surface area contributed by atoms with Crippen molar-refractivity contribution in [1.82, 2.24) is 0 Å². The fraction of sp³-hybridized carbons (Fsp3) is 0.0625. The first-order valence-corrected chi connectivity index (χ1v) is 8.67. The third kappa shape index (κ3) is 4.44. The number of anilines is 1. The normalized spacial score (nSPS) is 11.5. The molecule has 0 aliphatic heterocycles. The highest BCUT2D eigenvalue weighted by molar-refractivity contribution is 7.90. The summed E-state index contributed by atoms with van der Waals surface area (Å²) in [5.41, 5.74) is 1.08. The predicted octanol–water partition coefficient (Wildman–Crippen LogP) is 3.40. The van der Waals surface area contributed by atoms with Crippen molar-refractivity contribution < 1.29 is 13.2 Å². The Hall–Kier alpha value is -2.11. The number of carbonyl (C=O) groups excluding carboxylic acids is 1. The number of sulfone groups is 1. The number of nitrogens with one attached hydrogen (secondary N) is 1. The van der Waals surface area contributed by atoms with Crippen LogP contribution in [0.4, 0.5) is 5.69 Å². The molecule has 0 aromatic heterocycles. The minimum Gasteiger partial charge on any atom is -0.321 e. The Balaban J connectivity index is 2.15. The van der Waals surface area contributed by atoms with E-state index in [1.807, 2.05) is 0 Å². The van der Waals surface area contributed by atoms with Gasteiger partial charge in [0, 0.05) is 17.4 Å². The summed E-state index contributed by atoms with van der Waals surface area (Å²) in [4.78, 5) is 12.0. The van der Waals surface area contributed by atoms with Crippen LogP contribution < -0.4 is 5.32 Å². The average molecular weight is 336 g/mol. The molecule has 6 heteroatoms. The van der Waals surface area contributed by atoms with Gasteiger partial charge in [0.1, 0.15) is 0 Å². The van der Waals surface area contributed by atoms with Gasteiger partial charge >= 0.3 is 0 Å². The molecule has 0 aliphatic rings. The van der Waals surface area contributed by atoms with Crippen LogP contribution >= 0.6 is 11.6 Å². The van der Waals surface area contributed by atoms with Gasteiger partial charge in [-0.1, -0.05) is 35.9 Å². The number of carbonyl (C=O) groups is 1. The molecule has 0 unspecified atom stereocenters. The van der Waals surface area contributed by atoms with E-state index in [-0.39, 0.29) is 10.6 Å². The largest absolute Gasteiger partial charge is 0.321 e. The van der Waals surface area contributed by atoms with Crippen LogP contribution in [0.15, 0.2) is 59.5 Å². The lowest BCUT2D eigenvalue weighted by Crippen LogP contribution is -2.11. The molecule has 22 heavy (non-hydrogen) atoms. The SMILES string of the molecule is CS(=O)(=O)c1ccccc1NC(=O)/C=C/c1ccc(Cl)cc1. The molecular formula is C16H14ClNO3S. The third-order valence-electron chi connectivity index (χ3n) is 2.84. The van der Waals surface area contributed by atoms with Crippen LogP contribution in [0.3, 0.4) is 0 Å². The fourth-order valence-corrected chi connectivity index (χ4v) is 2.78. The van der Waals surface area contributed by atoms with Crippen molar-refractivity contribution in [3.05, 3.63) is 65.2 Å². The average Bonchev–Trinajstić information content (AvgIpc) is 2.46. The molecule has 2 aromatic rings. The molecule has 0 aliphatic carbocycles. The van der Waals surface area contributed by atoms with Crippen LogP contribution in [0.25, 0.3) is 6.08 Å². The molecule has 0 bridgehead atoms. The third-order valence-corrected chi connectivity index (χ3v) is 4.25. The molecule has 0 saturated carbocycles. The van der Waals surface area contributed by atoms with Gasteiger partial charge in [0.15, 0.2) is 9.84 Å². The minimum atomic E-state index is -3.40. The number of amides is 1. The molecule has 2 aromatic carbocycles. The Kier molecular flexibility index (Phi) is 5.00. The van der Waals surface area contributed by atoms with Gasteiger partial charge in [-0.3, -0.25) is 4.79 Å². The second-order valence-corrected chi connectivity index (χ2v) is 7.06. The fourth-order valence-electron chi connectivity index (χ4n) is 1.81. The van der Waals surface area contributed by atoms with Crippen molar-refractivity contribution >= 4 is 39.1 Å². The van der Waals surface area contributed by atoms with E-state index in [1.54, 1.807) is 48.5 Å². The zero-order valence-electron chi connectivity index (χ0n) is 11.8. The first kappa shape index (κ1) is 16.3. The maximum atomic E-state index is 11.9. The lowest BCUT2D eigenvalue weighted by molar-refractivity contribution is -0.111. The van der Waals surface area contributed by atoms with Gasteiger partial charge < -0.3 is 5.32 Å². The Labute approximate surface area is 134 Å². The predicted molar refractivity (Wildman–Crippen MR) is 88.7 cm³/mol. The molecule has 0 heterocycles. The second-order valence-electron chi connectivity index (χ2n) is 4.64. The highest BCUT2D eigenvalue weighted by Gasteiger charge is 2.13. The van der Waals surface area contributed by atoms with E-state index in [4.69, 9.17) is 11.6 Å². The molecule has 0 fully saturated rings. The van der Waals surface area contributed by atoms with Gasteiger partial charge in [-0.15, -0.1) is 0 Å². The summed E-state index contributed by atoms with van der Waals surface area (Å²) in [6.45, 7) is 0. The van der Waals surface area contributed by atoms with Gasteiger partial charge in [0.05, 0.1) is 10.6 Å². The summed E-state index contributed by atoms with van der Waals surface area (Å²) in [5.74, 6) is -0.411. The van der Waals surface area contributed by atoms with Crippen LogP contribution in [0.5, 0.6) is 0 Å². The van der Waals surface area contributed by atoms with E-state index in [1.165, 1.54) is 12.1 Å². The summed E-state index contributed by atoms with van der Waals surface area (Å²) < 4.78 is 23.3. The lowest BCUT2D eigenvalue weighted by atomic mass is 10.2. The van der Waals surface area contributed by atoms with Gasteiger partial charge in [0.2, 0.25) is 5.91 Å². The zero-order valence-corrected chi connectivity index (χ0v) is 13.4. The number of para-hydroxylation sites is 1. The summed E-state index contributed by atoms with van der Waals surface area (Å²) in [7, 11) is -3.40. The van der Waals surface area contributed by atoms with E-state index in [2.05, 4.69) is 5.32 Å². The standard InChI is InChI=1S/C16H14ClNO3S/c1-22(20,21)15-5-3-2-4-14(15)18-16(19)11-8-12-6-9-13(17)10-7-12/h2-11H,1H3,(H,18,19)/b11-8+. The van der Waals surface area contributed by atoms with E-state index >= 15 is 0 Å². The lowest BCUT2D eigenvalue weighted by Gasteiger charge is -2.07. The summed E-state index contributed by atoms with van der Waals surface area (Å²) in [6.07, 6.45) is 4.05. The van der Waals surface area contributed by atoms with Gasteiger partial charge in [0.25, 0.3) is 0 Å². The van der Waals surface area contributed by atoms with Crippen molar-refractivity contribution in [3.8, 4) is 0 Å². The molecule has 0 saturated heterocycles. The first-order valence-electron chi connectivity index (χ1n) is 6.40. The Morgan fingerprint density at radius 1 is 1.09 bits per heavy atom. The smallest absolute Gasteiger partial charge is 0.248 e. The van der Waals surface area contributed by atoms with Crippen molar-refractivity contribution in [3.63, 3.8) is 0 Å². The maximum absolute atomic E-state index is 11.9.